The van der Waals surface area contributed by atoms with Gasteiger partial charge in [0.25, 0.3) is 5.91 Å². The van der Waals surface area contributed by atoms with E-state index in [9.17, 15) is 9.59 Å². The summed E-state index contributed by atoms with van der Waals surface area (Å²) in [4.78, 5) is 28.5. The SMILES string of the molecule is CCOCCCNC(=O)[C@H](Cc1ccccc1)N(Cc1ccccc1)C(=O)COc1ccccc1. The average Bonchev–Trinajstić information content (AvgIpc) is 2.91. The Bertz CT molecular complexity index is 1010. The van der Waals surface area contributed by atoms with E-state index in [2.05, 4.69) is 5.32 Å². The standard InChI is InChI=1S/C29H34N2O4/c1-2-34-20-12-19-30-29(33)27(21-24-13-6-3-7-14-24)31(22-25-15-8-4-9-16-25)28(32)23-35-26-17-10-5-11-18-26/h3-11,13-18,27H,2,12,19-23H2,1H3,(H,30,33)/t27-/m0/s1. The predicted octanol–water partition coefficient (Wildman–Crippen LogP) is 4.25. The van der Waals surface area contributed by atoms with E-state index in [0.717, 1.165) is 11.1 Å². The molecular weight excluding hydrogens is 440 g/mol. The van der Waals surface area contributed by atoms with Crippen LogP contribution in [0.2, 0.25) is 0 Å². The normalized spacial score (nSPS) is 11.5. The zero-order valence-corrected chi connectivity index (χ0v) is 20.3. The van der Waals surface area contributed by atoms with Crippen molar-refractivity contribution in [2.75, 3.05) is 26.4 Å². The zero-order valence-electron chi connectivity index (χ0n) is 20.3. The maximum atomic E-state index is 13.5. The van der Waals surface area contributed by atoms with Gasteiger partial charge >= 0.3 is 0 Å². The molecule has 0 saturated carbocycles. The van der Waals surface area contributed by atoms with Gasteiger partial charge in [-0.25, -0.2) is 0 Å². The van der Waals surface area contributed by atoms with Crippen LogP contribution in [0.5, 0.6) is 5.75 Å². The Hall–Kier alpha value is -3.64. The molecule has 1 atom stereocenters. The Morgan fingerprint density at radius 3 is 2.09 bits per heavy atom. The van der Waals surface area contributed by atoms with E-state index in [1.807, 2.05) is 85.8 Å². The Morgan fingerprint density at radius 1 is 0.857 bits per heavy atom. The Kier molecular flexibility index (Phi) is 10.8. The molecule has 0 aromatic heterocycles. The van der Waals surface area contributed by atoms with Crippen molar-refractivity contribution >= 4 is 11.8 Å². The number of nitrogens with zero attached hydrogens (tertiary/aromatic N) is 1. The minimum absolute atomic E-state index is 0.153. The number of hydrogen-bond acceptors (Lipinski definition) is 4. The van der Waals surface area contributed by atoms with Gasteiger partial charge in [0.15, 0.2) is 6.61 Å². The highest BCUT2D eigenvalue weighted by Gasteiger charge is 2.30. The largest absolute Gasteiger partial charge is 0.484 e. The third-order valence-corrected chi connectivity index (χ3v) is 5.54. The van der Waals surface area contributed by atoms with Crippen molar-refractivity contribution in [3.05, 3.63) is 102 Å². The van der Waals surface area contributed by atoms with Crippen LogP contribution >= 0.6 is 0 Å². The number of benzene rings is 3. The summed E-state index contributed by atoms with van der Waals surface area (Å²) in [5.74, 6) is 0.179. The predicted molar refractivity (Wildman–Crippen MR) is 137 cm³/mol. The second-order valence-corrected chi connectivity index (χ2v) is 8.16. The molecule has 0 saturated heterocycles. The van der Waals surface area contributed by atoms with Crippen LogP contribution in [0, 0.1) is 0 Å². The van der Waals surface area contributed by atoms with Crippen LogP contribution in [-0.2, 0) is 27.3 Å². The number of carbonyl (C=O) groups excluding carboxylic acids is 2. The van der Waals surface area contributed by atoms with Gasteiger partial charge in [0.2, 0.25) is 5.91 Å². The van der Waals surface area contributed by atoms with Crippen molar-refractivity contribution in [3.63, 3.8) is 0 Å². The number of ether oxygens (including phenoxy) is 2. The lowest BCUT2D eigenvalue weighted by atomic mass is 10.0. The quantitative estimate of drug-likeness (QED) is 0.355. The van der Waals surface area contributed by atoms with Crippen molar-refractivity contribution in [3.8, 4) is 5.75 Å². The lowest BCUT2D eigenvalue weighted by molar-refractivity contribution is -0.142. The molecule has 184 valence electrons. The smallest absolute Gasteiger partial charge is 0.261 e. The maximum absolute atomic E-state index is 13.5. The molecule has 0 fully saturated rings. The van der Waals surface area contributed by atoms with Crippen LogP contribution in [0.1, 0.15) is 24.5 Å². The van der Waals surface area contributed by atoms with Crippen LogP contribution < -0.4 is 10.1 Å². The highest BCUT2D eigenvalue weighted by atomic mass is 16.5. The summed E-state index contributed by atoms with van der Waals surface area (Å²) in [5.41, 5.74) is 1.93. The van der Waals surface area contributed by atoms with E-state index < -0.39 is 6.04 Å². The fourth-order valence-corrected chi connectivity index (χ4v) is 3.73. The Balaban J connectivity index is 1.81. The molecule has 0 bridgehead atoms. The van der Waals surface area contributed by atoms with Gasteiger partial charge in [-0.1, -0.05) is 78.9 Å². The average molecular weight is 475 g/mol. The number of hydrogen-bond donors (Lipinski definition) is 1. The van der Waals surface area contributed by atoms with Gasteiger partial charge in [-0.2, -0.15) is 0 Å². The first-order valence-corrected chi connectivity index (χ1v) is 12.1. The zero-order chi connectivity index (χ0) is 24.7. The highest BCUT2D eigenvalue weighted by molar-refractivity contribution is 5.88. The van der Waals surface area contributed by atoms with Gasteiger partial charge in [0.05, 0.1) is 0 Å². The van der Waals surface area contributed by atoms with Crippen molar-refractivity contribution in [2.45, 2.75) is 32.4 Å². The van der Waals surface area contributed by atoms with Crippen molar-refractivity contribution in [1.29, 1.82) is 0 Å². The van der Waals surface area contributed by atoms with Crippen molar-refractivity contribution < 1.29 is 19.1 Å². The molecule has 35 heavy (non-hydrogen) atoms. The lowest BCUT2D eigenvalue weighted by Crippen LogP contribution is -2.51. The van der Waals surface area contributed by atoms with Crippen LogP contribution in [0.3, 0.4) is 0 Å². The number of carbonyl (C=O) groups is 2. The molecular formula is C29H34N2O4. The molecule has 3 aromatic rings. The summed E-state index contributed by atoms with van der Waals surface area (Å²) in [7, 11) is 0. The van der Waals surface area contributed by atoms with Crippen LogP contribution in [0.4, 0.5) is 0 Å². The summed E-state index contributed by atoms with van der Waals surface area (Å²) in [6.45, 7) is 3.81. The van der Waals surface area contributed by atoms with Crippen LogP contribution in [0.15, 0.2) is 91.0 Å². The molecule has 0 spiro atoms. The van der Waals surface area contributed by atoms with Crippen molar-refractivity contribution in [2.24, 2.45) is 0 Å². The molecule has 3 aromatic carbocycles. The molecule has 0 aliphatic carbocycles. The molecule has 3 rings (SSSR count). The summed E-state index contributed by atoms with van der Waals surface area (Å²) in [6.07, 6.45) is 1.11. The molecule has 0 unspecified atom stereocenters. The highest BCUT2D eigenvalue weighted by Crippen LogP contribution is 2.16. The fraction of sp³-hybridized carbons (Fsp3) is 0.310. The first-order chi connectivity index (χ1) is 17.2. The monoisotopic (exact) mass is 474 g/mol. The summed E-state index contributed by atoms with van der Waals surface area (Å²) >= 11 is 0. The molecule has 6 nitrogen and oxygen atoms in total. The van der Waals surface area contributed by atoms with E-state index >= 15 is 0 Å². The number of rotatable bonds is 14. The minimum atomic E-state index is -0.684. The molecule has 0 radical (unpaired) electrons. The van der Waals surface area contributed by atoms with E-state index in [4.69, 9.17) is 9.47 Å². The Morgan fingerprint density at radius 2 is 1.46 bits per heavy atom. The fourth-order valence-electron chi connectivity index (χ4n) is 3.73. The first-order valence-electron chi connectivity index (χ1n) is 12.1. The van der Waals surface area contributed by atoms with Crippen LogP contribution in [-0.4, -0.2) is 49.1 Å². The van der Waals surface area contributed by atoms with Crippen LogP contribution in [0.25, 0.3) is 0 Å². The summed E-state index contributed by atoms with van der Waals surface area (Å²) in [6, 6.07) is 28.0. The van der Waals surface area contributed by atoms with Gasteiger partial charge in [0.1, 0.15) is 11.8 Å². The van der Waals surface area contributed by atoms with E-state index in [1.165, 1.54) is 0 Å². The molecule has 2 amide bonds. The second kappa shape index (κ2) is 14.6. The number of amides is 2. The molecule has 6 heteroatoms. The molecule has 0 aliphatic heterocycles. The van der Waals surface area contributed by atoms with E-state index in [1.54, 1.807) is 17.0 Å². The van der Waals surface area contributed by atoms with Gasteiger partial charge in [-0.3, -0.25) is 9.59 Å². The van der Waals surface area contributed by atoms with Gasteiger partial charge in [0, 0.05) is 32.7 Å². The number of nitrogens with one attached hydrogen (secondary N) is 1. The van der Waals surface area contributed by atoms with Crippen molar-refractivity contribution in [1.82, 2.24) is 10.2 Å². The van der Waals surface area contributed by atoms with Gasteiger partial charge < -0.3 is 19.7 Å². The summed E-state index contributed by atoms with van der Waals surface area (Å²) in [5, 5.41) is 3.00. The van der Waals surface area contributed by atoms with Gasteiger partial charge in [-0.15, -0.1) is 0 Å². The van der Waals surface area contributed by atoms with E-state index in [-0.39, 0.29) is 18.4 Å². The Labute approximate surface area is 207 Å². The number of para-hydroxylation sites is 1. The second-order valence-electron chi connectivity index (χ2n) is 8.16. The maximum Gasteiger partial charge on any atom is 0.261 e. The molecule has 0 aliphatic rings. The molecule has 1 N–H and O–H groups in total. The first kappa shape index (κ1) is 26.0. The summed E-state index contributed by atoms with van der Waals surface area (Å²) < 4.78 is 11.1. The topological polar surface area (TPSA) is 67.9 Å². The third-order valence-electron chi connectivity index (χ3n) is 5.54. The van der Waals surface area contributed by atoms with E-state index in [0.29, 0.717) is 44.9 Å². The third kappa shape index (κ3) is 8.91. The van der Waals surface area contributed by atoms with Gasteiger partial charge in [-0.05, 0) is 36.6 Å². The lowest BCUT2D eigenvalue weighted by Gasteiger charge is -2.31. The minimum Gasteiger partial charge on any atom is -0.484 e. The molecule has 0 heterocycles.